The molecule has 1 aromatic heterocycles. The van der Waals surface area contributed by atoms with Crippen LogP contribution in [-0.2, 0) is 27.0 Å². The summed E-state index contributed by atoms with van der Waals surface area (Å²) in [6.45, 7) is 7.69. The fourth-order valence-electron chi connectivity index (χ4n) is 4.64. The molecule has 2 aromatic rings. The first-order valence-electron chi connectivity index (χ1n) is 13.8. The molecule has 0 spiro atoms. The van der Waals surface area contributed by atoms with E-state index in [1.807, 2.05) is 29.6 Å². The molecule has 4 rings (SSSR count). The number of thiophene rings is 1. The number of hydrogen-bond donors (Lipinski definition) is 3. The van der Waals surface area contributed by atoms with Crippen LogP contribution in [-0.4, -0.2) is 72.0 Å². The zero-order valence-electron chi connectivity index (χ0n) is 23.8. The Hall–Kier alpha value is -3.45. The molecule has 1 unspecified atom stereocenters. The van der Waals surface area contributed by atoms with Crippen molar-refractivity contribution in [3.8, 4) is 0 Å². The lowest BCUT2D eigenvalue weighted by atomic mass is 9.97. The molecule has 3 amide bonds. The number of carbonyl (C=O) groups is 3. The molecule has 42 heavy (non-hydrogen) atoms. The third-order valence-corrected chi connectivity index (χ3v) is 8.94. The van der Waals surface area contributed by atoms with Crippen LogP contribution >= 0.6 is 11.3 Å². The lowest BCUT2D eigenvalue weighted by Gasteiger charge is -2.28. The number of hydrogen-bond acceptors (Lipinski definition) is 7. The van der Waals surface area contributed by atoms with Crippen molar-refractivity contribution in [1.29, 1.82) is 0 Å². The Morgan fingerprint density at radius 1 is 1.19 bits per heavy atom. The second kappa shape index (κ2) is 17.5. The predicted octanol–water partition coefficient (Wildman–Crippen LogP) is 4.16. The van der Waals surface area contributed by atoms with Gasteiger partial charge < -0.3 is 15.5 Å². The van der Waals surface area contributed by atoms with Gasteiger partial charge in [-0.05, 0) is 93.3 Å². The predicted molar refractivity (Wildman–Crippen MR) is 166 cm³/mol. The van der Waals surface area contributed by atoms with Crippen molar-refractivity contribution in [2.75, 3.05) is 45.1 Å². The third kappa shape index (κ3) is 9.55. The van der Waals surface area contributed by atoms with E-state index in [9.17, 15) is 23.0 Å². The summed E-state index contributed by atoms with van der Waals surface area (Å²) in [5, 5.41) is 7.60. The molecule has 3 N–H and O–H groups in total. The SMILES string of the molecule is C=C/C=C(\C(F)=C/CNC=O)N1C(=O)Cc2cc(NCCCN3CCCCC3)ccc2C1=O.CNS(=O)c1cccs1. The van der Waals surface area contributed by atoms with E-state index in [1.54, 1.807) is 13.1 Å². The number of likely N-dealkylation sites (tertiary alicyclic amines) is 1. The quantitative estimate of drug-likeness (QED) is 0.135. The molecular weight excluding hydrogens is 577 g/mol. The van der Waals surface area contributed by atoms with Gasteiger partial charge in [-0.2, -0.15) is 0 Å². The Bertz CT molecular complexity index is 1310. The summed E-state index contributed by atoms with van der Waals surface area (Å²) in [6, 6.07) is 9.03. The summed E-state index contributed by atoms with van der Waals surface area (Å²) in [5.74, 6) is -1.89. The summed E-state index contributed by atoms with van der Waals surface area (Å²) in [6.07, 6.45) is 8.98. The molecule has 0 radical (unpaired) electrons. The standard InChI is InChI=1S/C25H31FN4O3.C5H7NOS2/c1-2-7-23(22(26)10-12-27-18-31)30-24(32)17-19-16-20(8-9-21(19)25(30)33)28-11-6-15-29-13-4-3-5-14-29;1-6-9(7)5-3-2-4-8-5/h2,7-10,16,18,28H,1,3-6,11-15,17H2,(H,27,31);2-4,6H,1H3/b22-10+,23-7+;. The number of imide groups is 1. The Balaban J connectivity index is 0.000000458. The molecule has 226 valence electrons. The highest BCUT2D eigenvalue weighted by atomic mass is 32.2. The molecular formula is C30H38FN5O4S2. The van der Waals surface area contributed by atoms with Crippen LogP contribution < -0.4 is 15.4 Å². The van der Waals surface area contributed by atoms with Crippen LogP contribution in [0, 0.1) is 0 Å². The topological polar surface area (TPSA) is 111 Å². The van der Waals surface area contributed by atoms with E-state index in [-0.39, 0.29) is 18.7 Å². The van der Waals surface area contributed by atoms with E-state index >= 15 is 0 Å². The maximum absolute atomic E-state index is 14.7. The minimum absolute atomic E-state index is 0.0152. The fourth-order valence-corrected chi connectivity index (χ4v) is 6.26. The van der Waals surface area contributed by atoms with Crippen LogP contribution in [0.4, 0.5) is 10.1 Å². The minimum Gasteiger partial charge on any atom is -0.385 e. The van der Waals surface area contributed by atoms with Gasteiger partial charge in [0.1, 0.15) is 21.0 Å². The van der Waals surface area contributed by atoms with E-state index < -0.39 is 28.6 Å². The van der Waals surface area contributed by atoms with Crippen LogP contribution in [0.3, 0.4) is 0 Å². The molecule has 0 saturated carbocycles. The molecule has 1 saturated heterocycles. The lowest BCUT2D eigenvalue weighted by molar-refractivity contribution is -0.126. The first-order chi connectivity index (χ1) is 20.4. The monoisotopic (exact) mass is 615 g/mol. The van der Waals surface area contributed by atoms with E-state index in [0.29, 0.717) is 17.5 Å². The van der Waals surface area contributed by atoms with Gasteiger partial charge >= 0.3 is 0 Å². The van der Waals surface area contributed by atoms with Crippen LogP contribution in [0.25, 0.3) is 0 Å². The van der Waals surface area contributed by atoms with Crippen LogP contribution in [0.1, 0.15) is 41.6 Å². The number of nitrogens with one attached hydrogen (secondary N) is 3. The van der Waals surface area contributed by atoms with Gasteiger partial charge in [0.2, 0.25) is 12.3 Å². The average molecular weight is 616 g/mol. The van der Waals surface area contributed by atoms with Crippen molar-refractivity contribution >= 4 is 46.2 Å². The number of benzene rings is 1. The smallest absolute Gasteiger partial charge is 0.265 e. The van der Waals surface area contributed by atoms with Gasteiger partial charge in [0.15, 0.2) is 0 Å². The highest BCUT2D eigenvalue weighted by molar-refractivity contribution is 7.85. The van der Waals surface area contributed by atoms with Gasteiger partial charge in [0.05, 0.1) is 12.1 Å². The maximum Gasteiger partial charge on any atom is 0.265 e. The summed E-state index contributed by atoms with van der Waals surface area (Å²) < 4.78 is 29.1. The van der Waals surface area contributed by atoms with Crippen LogP contribution in [0.5, 0.6) is 0 Å². The van der Waals surface area contributed by atoms with Crippen molar-refractivity contribution in [3.63, 3.8) is 0 Å². The van der Waals surface area contributed by atoms with Crippen molar-refractivity contribution in [3.05, 3.63) is 83.2 Å². The number of carbonyl (C=O) groups excluding carboxylic acids is 3. The zero-order chi connectivity index (χ0) is 30.3. The molecule has 1 fully saturated rings. The number of allylic oxidation sites excluding steroid dienone is 3. The molecule has 12 heteroatoms. The Morgan fingerprint density at radius 3 is 2.64 bits per heavy atom. The van der Waals surface area contributed by atoms with Gasteiger partial charge in [-0.15, -0.1) is 11.3 Å². The van der Waals surface area contributed by atoms with E-state index in [1.165, 1.54) is 55.8 Å². The van der Waals surface area contributed by atoms with Gasteiger partial charge in [-0.25, -0.2) is 18.2 Å². The number of amides is 3. The van der Waals surface area contributed by atoms with Crippen LogP contribution in [0.2, 0.25) is 0 Å². The number of piperidine rings is 1. The third-order valence-electron chi connectivity index (χ3n) is 6.67. The summed E-state index contributed by atoms with van der Waals surface area (Å²) >= 11 is 1.49. The molecule has 9 nitrogen and oxygen atoms in total. The van der Waals surface area contributed by atoms with Crippen molar-refractivity contribution < 1.29 is 23.0 Å². The first-order valence-corrected chi connectivity index (χ1v) is 15.9. The zero-order valence-corrected chi connectivity index (χ0v) is 25.4. The summed E-state index contributed by atoms with van der Waals surface area (Å²) in [5.41, 5.74) is 1.64. The second-order valence-corrected chi connectivity index (χ2v) is 12.1. The largest absolute Gasteiger partial charge is 0.385 e. The highest BCUT2D eigenvalue weighted by Crippen LogP contribution is 2.29. The normalized spacial score (nSPS) is 16.7. The average Bonchev–Trinajstić information content (AvgIpc) is 3.55. The first kappa shape index (κ1) is 33.1. The molecule has 0 aliphatic carbocycles. The van der Waals surface area contributed by atoms with Gasteiger partial charge in [0.25, 0.3) is 5.91 Å². The number of rotatable bonds is 13. The number of nitrogens with zero attached hydrogens (tertiary/aromatic N) is 2. The maximum atomic E-state index is 14.7. The Morgan fingerprint density at radius 2 is 1.98 bits per heavy atom. The number of anilines is 1. The van der Waals surface area contributed by atoms with E-state index in [0.717, 1.165) is 40.4 Å². The van der Waals surface area contributed by atoms with Gasteiger partial charge in [-0.3, -0.25) is 14.4 Å². The number of fused-ring (bicyclic) bond motifs is 1. The van der Waals surface area contributed by atoms with Gasteiger partial charge in [-0.1, -0.05) is 25.1 Å². The van der Waals surface area contributed by atoms with Gasteiger partial charge in [0, 0.05) is 24.3 Å². The molecule has 2 aliphatic heterocycles. The van der Waals surface area contributed by atoms with E-state index in [4.69, 9.17) is 0 Å². The van der Waals surface area contributed by atoms with E-state index in [2.05, 4.69) is 26.8 Å². The highest BCUT2D eigenvalue weighted by Gasteiger charge is 2.34. The molecule has 0 bridgehead atoms. The molecule has 1 aromatic carbocycles. The summed E-state index contributed by atoms with van der Waals surface area (Å²) in [7, 11) is 0.686. The van der Waals surface area contributed by atoms with Crippen molar-refractivity contribution in [2.24, 2.45) is 0 Å². The van der Waals surface area contributed by atoms with Crippen molar-refractivity contribution in [1.82, 2.24) is 19.8 Å². The van der Waals surface area contributed by atoms with Crippen LogP contribution in [0.15, 0.2) is 76.3 Å². The number of halogens is 1. The second-order valence-electron chi connectivity index (χ2n) is 9.54. The molecule has 1 atom stereocenters. The molecule has 2 aliphatic rings. The Kier molecular flexibility index (Phi) is 13.8. The fraction of sp³-hybridized carbons (Fsp3) is 0.367. The molecule has 3 heterocycles. The summed E-state index contributed by atoms with van der Waals surface area (Å²) in [4.78, 5) is 39.6. The van der Waals surface area contributed by atoms with Crippen molar-refractivity contribution in [2.45, 2.75) is 36.3 Å². The lowest BCUT2D eigenvalue weighted by Crippen LogP contribution is -2.42. The Labute approximate surface area is 253 Å². The minimum atomic E-state index is -0.991.